The molecule has 2 heterocycles. The Morgan fingerprint density at radius 1 is 1.07 bits per heavy atom. The lowest BCUT2D eigenvalue weighted by Gasteiger charge is -2.67. The summed E-state index contributed by atoms with van der Waals surface area (Å²) in [7, 11) is 9.32. The van der Waals surface area contributed by atoms with Gasteiger partial charge in [0.25, 0.3) is 0 Å². The van der Waals surface area contributed by atoms with E-state index in [1.54, 1.807) is 26.4 Å². The summed E-state index contributed by atoms with van der Waals surface area (Å²) >= 11 is 0. The lowest BCUT2D eigenvalue weighted by molar-refractivity contribution is -0.249. The number of rotatable bonds is 7. The number of epoxide rings is 1. The highest BCUT2D eigenvalue weighted by Gasteiger charge is 2.95. The number of carbonyl (C=O) groups excluding carboxylic acids is 1. The van der Waals surface area contributed by atoms with Gasteiger partial charge in [0.2, 0.25) is 0 Å². The van der Waals surface area contributed by atoms with E-state index in [1.807, 2.05) is 32.4 Å². The van der Waals surface area contributed by atoms with E-state index in [2.05, 4.69) is 11.9 Å². The lowest BCUT2D eigenvalue weighted by atomic mass is 9.43. The highest BCUT2D eigenvalue weighted by molar-refractivity contribution is 5.89. The fourth-order valence-corrected chi connectivity index (χ4v) is 12.2. The Hall–Kier alpha value is -1.59. The predicted molar refractivity (Wildman–Crippen MR) is 142 cm³/mol. The van der Waals surface area contributed by atoms with Crippen LogP contribution in [0.25, 0.3) is 0 Å². The number of aliphatic hydroxyl groups is 1. The maximum Gasteiger partial charge on any atom is 0.338 e. The topological polar surface area (TPSA) is 99.2 Å². The van der Waals surface area contributed by atoms with E-state index in [4.69, 9.17) is 28.4 Å². The van der Waals surface area contributed by atoms with Crippen LogP contribution in [0.1, 0.15) is 29.6 Å². The maximum absolute atomic E-state index is 13.5. The number of carbonyl (C=O) groups is 1. The maximum atomic E-state index is 13.5. The van der Waals surface area contributed by atoms with Crippen LogP contribution < -0.4 is 0 Å². The minimum Gasteiger partial charge on any atom is -0.455 e. The average molecular weight is 556 g/mol. The number of nitrogens with zero attached hydrogens (tertiary/aromatic N) is 1. The van der Waals surface area contributed by atoms with Crippen molar-refractivity contribution in [2.45, 2.75) is 67.0 Å². The summed E-state index contributed by atoms with van der Waals surface area (Å²) in [5, 5.41) is 12.6. The number of hydrogen-bond acceptors (Lipinski definition) is 9. The van der Waals surface area contributed by atoms with E-state index < -0.39 is 29.4 Å². The zero-order valence-corrected chi connectivity index (χ0v) is 23.9. The molecule has 5 aliphatic carbocycles. The van der Waals surface area contributed by atoms with Crippen LogP contribution in [-0.2, 0) is 28.4 Å². The quantitative estimate of drug-likeness (QED) is 0.399. The van der Waals surface area contributed by atoms with Gasteiger partial charge in [-0.25, -0.2) is 4.79 Å². The normalized spacial score (nSPS) is 54.6. The molecule has 9 nitrogen and oxygen atoms in total. The van der Waals surface area contributed by atoms with Gasteiger partial charge in [-0.05, 0) is 44.4 Å². The monoisotopic (exact) mass is 555 g/mol. The van der Waals surface area contributed by atoms with Crippen molar-refractivity contribution in [3.05, 3.63) is 35.9 Å². The minimum absolute atomic E-state index is 0.00754. The number of piperidine rings is 1. The molecule has 1 aromatic rings. The second kappa shape index (κ2) is 8.28. The summed E-state index contributed by atoms with van der Waals surface area (Å²) in [6.45, 7) is 1.57. The van der Waals surface area contributed by atoms with Crippen molar-refractivity contribution in [2.75, 3.05) is 48.6 Å². The molecule has 218 valence electrons. The van der Waals surface area contributed by atoms with Gasteiger partial charge in [-0.1, -0.05) is 18.2 Å². The van der Waals surface area contributed by atoms with Crippen LogP contribution in [-0.4, -0.2) is 112 Å². The molecule has 1 aromatic carbocycles. The highest BCUT2D eigenvalue weighted by Crippen LogP contribution is 2.83. The molecular formula is C31H41NO8. The van der Waals surface area contributed by atoms with Crippen molar-refractivity contribution >= 4 is 5.97 Å². The van der Waals surface area contributed by atoms with Gasteiger partial charge in [0, 0.05) is 69.6 Å². The van der Waals surface area contributed by atoms with Gasteiger partial charge in [0.1, 0.15) is 29.5 Å². The summed E-state index contributed by atoms with van der Waals surface area (Å²) < 4.78 is 38.2. The Bertz CT molecular complexity index is 1210. The summed E-state index contributed by atoms with van der Waals surface area (Å²) in [5.74, 6) is -0.435. The molecule has 7 bridgehead atoms. The van der Waals surface area contributed by atoms with Crippen LogP contribution in [0.15, 0.2) is 30.3 Å². The number of fused-ring (bicyclic) bond motifs is 1. The predicted octanol–water partition coefficient (Wildman–Crippen LogP) is 1.76. The number of esters is 1. The SMILES string of the molecule is COC[C@@]12CCC(OC)[C@@]34[C@@H]5C[C@]6(O)C(OC)C7O[C@]7([C@H]5C6OC(=O)c5ccccc5)[C@@H](C(OC)[C@H]13)[C@H]4N(C)C2. The summed E-state index contributed by atoms with van der Waals surface area (Å²) in [4.78, 5) is 16.1. The van der Waals surface area contributed by atoms with E-state index in [0.29, 0.717) is 18.6 Å². The molecule has 14 atom stereocenters. The highest BCUT2D eigenvalue weighted by atomic mass is 16.7. The molecule has 7 aliphatic rings. The average Bonchev–Trinajstić information content (AvgIpc) is 3.53. The van der Waals surface area contributed by atoms with Crippen molar-refractivity contribution in [2.24, 2.45) is 34.5 Å². The molecule has 0 amide bonds. The first-order chi connectivity index (χ1) is 19.3. The van der Waals surface area contributed by atoms with Gasteiger partial charge in [0.05, 0.1) is 24.4 Å². The number of likely N-dealkylation sites (tertiary alicyclic amines) is 1. The van der Waals surface area contributed by atoms with Crippen LogP contribution in [0.5, 0.6) is 0 Å². The van der Waals surface area contributed by atoms with E-state index >= 15 is 0 Å². The summed E-state index contributed by atoms with van der Waals surface area (Å²) in [6.07, 6.45) is 0.639. The Labute approximate surface area is 235 Å². The van der Waals surface area contributed by atoms with Gasteiger partial charge < -0.3 is 38.4 Å². The number of methoxy groups -OCH3 is 4. The molecule has 2 spiro atoms. The van der Waals surface area contributed by atoms with E-state index in [-0.39, 0.29) is 58.9 Å². The van der Waals surface area contributed by atoms with Gasteiger partial charge in [0.15, 0.2) is 0 Å². The van der Waals surface area contributed by atoms with E-state index in [9.17, 15) is 9.90 Å². The molecule has 0 radical (unpaired) electrons. The number of benzene rings is 1. The molecule has 7 fully saturated rings. The van der Waals surface area contributed by atoms with E-state index in [1.165, 1.54) is 0 Å². The molecule has 9 heteroatoms. The third-order valence-corrected chi connectivity index (χ3v) is 12.7. The standard InChI is InChI=1S/C31H41NO8/c1-32-14-28(15-35-2)12-11-18(36-3)30-17-13-29(34)24(39-27(33)16-9-7-6-8-10-16)19(17)31(26(40-31)25(29)38-5)20(23(30)32)21(37-4)22(28)30/h6-10,17-26,34H,11-15H2,1-5H3/t17-,18?,19-,20+,21?,22-,23-,24?,25?,26?,28+,29-,30+,31-/m1/s1. The summed E-state index contributed by atoms with van der Waals surface area (Å²) in [6, 6.07) is 9.18. The van der Waals surface area contributed by atoms with Gasteiger partial charge in [-0.2, -0.15) is 0 Å². The van der Waals surface area contributed by atoms with Crippen molar-refractivity contribution in [3.8, 4) is 0 Å². The fraction of sp³-hybridized carbons (Fsp3) is 0.774. The van der Waals surface area contributed by atoms with Crippen LogP contribution in [0.2, 0.25) is 0 Å². The molecule has 2 aliphatic heterocycles. The first kappa shape index (κ1) is 26.1. The lowest BCUT2D eigenvalue weighted by Crippen LogP contribution is -2.75. The molecular weight excluding hydrogens is 514 g/mol. The Balaban J connectivity index is 1.33. The van der Waals surface area contributed by atoms with Crippen LogP contribution >= 0.6 is 0 Å². The third kappa shape index (κ3) is 2.64. The first-order valence-corrected chi connectivity index (χ1v) is 14.7. The van der Waals surface area contributed by atoms with Crippen molar-refractivity contribution in [1.29, 1.82) is 0 Å². The van der Waals surface area contributed by atoms with Gasteiger partial charge in [-0.15, -0.1) is 0 Å². The molecule has 8 rings (SSSR count). The van der Waals surface area contributed by atoms with Crippen LogP contribution in [0, 0.1) is 34.5 Å². The van der Waals surface area contributed by atoms with Gasteiger partial charge in [-0.3, -0.25) is 0 Å². The van der Waals surface area contributed by atoms with E-state index in [0.717, 1.165) is 19.4 Å². The molecule has 40 heavy (non-hydrogen) atoms. The fourth-order valence-electron chi connectivity index (χ4n) is 12.2. The molecule has 0 aromatic heterocycles. The smallest absolute Gasteiger partial charge is 0.338 e. The zero-order valence-electron chi connectivity index (χ0n) is 23.9. The Kier molecular flexibility index (Phi) is 5.39. The second-order valence-corrected chi connectivity index (χ2v) is 13.7. The Morgan fingerprint density at radius 2 is 1.85 bits per heavy atom. The number of hydrogen-bond donors (Lipinski definition) is 1. The Morgan fingerprint density at radius 3 is 2.52 bits per heavy atom. The molecule has 5 saturated carbocycles. The molecule has 2 saturated heterocycles. The largest absolute Gasteiger partial charge is 0.455 e. The van der Waals surface area contributed by atoms with Crippen molar-refractivity contribution in [1.82, 2.24) is 4.90 Å². The second-order valence-electron chi connectivity index (χ2n) is 13.7. The van der Waals surface area contributed by atoms with Crippen molar-refractivity contribution < 1.29 is 38.3 Å². The third-order valence-electron chi connectivity index (χ3n) is 12.7. The first-order valence-electron chi connectivity index (χ1n) is 14.7. The minimum atomic E-state index is -1.37. The summed E-state index contributed by atoms with van der Waals surface area (Å²) in [5.41, 5.74) is -1.94. The van der Waals surface area contributed by atoms with Gasteiger partial charge >= 0.3 is 5.97 Å². The molecule has 5 unspecified atom stereocenters. The number of ether oxygens (including phenoxy) is 6. The van der Waals surface area contributed by atoms with Crippen LogP contribution in [0.3, 0.4) is 0 Å². The molecule has 1 N–H and O–H groups in total. The van der Waals surface area contributed by atoms with Crippen LogP contribution in [0.4, 0.5) is 0 Å². The zero-order chi connectivity index (χ0) is 27.8. The van der Waals surface area contributed by atoms with Crippen molar-refractivity contribution in [3.63, 3.8) is 0 Å².